The third-order valence-corrected chi connectivity index (χ3v) is 3.45. The van der Waals surface area contributed by atoms with Gasteiger partial charge in [0.1, 0.15) is 5.60 Å². The van der Waals surface area contributed by atoms with Crippen LogP contribution in [0.2, 0.25) is 0 Å². The highest BCUT2D eigenvalue weighted by atomic mass is 16.5. The summed E-state index contributed by atoms with van der Waals surface area (Å²) in [4.78, 5) is 0. The Kier molecular flexibility index (Phi) is 1.94. The van der Waals surface area contributed by atoms with Crippen molar-refractivity contribution in [3.63, 3.8) is 0 Å². The molecule has 0 aromatic heterocycles. The Labute approximate surface area is 81.2 Å². The normalized spacial score (nSPS) is 37.2. The molecule has 0 fully saturated rings. The monoisotopic (exact) mass is 180 g/mol. The summed E-state index contributed by atoms with van der Waals surface area (Å²) >= 11 is 0. The molecular weight excluding hydrogens is 160 g/mol. The quantitative estimate of drug-likeness (QED) is 0.554. The molecular formula is C12H20O. The van der Waals surface area contributed by atoms with Gasteiger partial charge in [-0.05, 0) is 44.6 Å². The summed E-state index contributed by atoms with van der Waals surface area (Å²) in [6, 6.07) is 0. The highest BCUT2D eigenvalue weighted by Crippen LogP contribution is 2.45. The molecule has 2 unspecified atom stereocenters. The molecule has 0 saturated heterocycles. The molecule has 1 heteroatoms. The third-order valence-electron chi connectivity index (χ3n) is 3.45. The highest BCUT2D eigenvalue weighted by molar-refractivity contribution is 5.23. The van der Waals surface area contributed by atoms with Gasteiger partial charge in [-0.3, -0.25) is 0 Å². The van der Waals surface area contributed by atoms with E-state index in [1.165, 1.54) is 25.0 Å². The van der Waals surface area contributed by atoms with Crippen LogP contribution < -0.4 is 0 Å². The number of hydrogen-bond acceptors (Lipinski definition) is 1. The average Bonchev–Trinajstić information content (AvgIpc) is 2.26. The van der Waals surface area contributed by atoms with Crippen molar-refractivity contribution in [1.82, 2.24) is 0 Å². The number of rotatable bonds is 0. The molecule has 13 heavy (non-hydrogen) atoms. The second-order valence-corrected chi connectivity index (χ2v) is 5.29. The Balaban J connectivity index is 2.26. The van der Waals surface area contributed by atoms with Gasteiger partial charge in [0.15, 0.2) is 0 Å². The molecule has 2 aliphatic rings. The SMILES string of the molecule is CC1CC(C)C2=C1CCC(C)(C)O2. The zero-order chi connectivity index (χ0) is 9.64. The van der Waals surface area contributed by atoms with Crippen molar-refractivity contribution in [1.29, 1.82) is 0 Å². The van der Waals surface area contributed by atoms with Gasteiger partial charge >= 0.3 is 0 Å². The van der Waals surface area contributed by atoms with Gasteiger partial charge in [-0.25, -0.2) is 0 Å². The summed E-state index contributed by atoms with van der Waals surface area (Å²) in [5.41, 5.74) is 1.68. The third kappa shape index (κ3) is 1.49. The summed E-state index contributed by atoms with van der Waals surface area (Å²) < 4.78 is 6.06. The van der Waals surface area contributed by atoms with E-state index in [4.69, 9.17) is 4.74 Å². The molecule has 2 rings (SSSR count). The number of allylic oxidation sites excluding steroid dienone is 2. The Morgan fingerprint density at radius 1 is 1.23 bits per heavy atom. The van der Waals surface area contributed by atoms with E-state index < -0.39 is 0 Å². The summed E-state index contributed by atoms with van der Waals surface area (Å²) in [5.74, 6) is 2.74. The first-order chi connectivity index (χ1) is 5.99. The van der Waals surface area contributed by atoms with E-state index >= 15 is 0 Å². The van der Waals surface area contributed by atoms with Gasteiger partial charge in [0.05, 0.1) is 5.76 Å². The summed E-state index contributed by atoms with van der Waals surface area (Å²) in [6.45, 7) is 9.03. The molecule has 1 aliphatic heterocycles. The second kappa shape index (κ2) is 2.76. The van der Waals surface area contributed by atoms with Crippen LogP contribution in [0, 0.1) is 11.8 Å². The first-order valence-electron chi connectivity index (χ1n) is 5.41. The average molecular weight is 180 g/mol. The Hall–Kier alpha value is -0.460. The predicted molar refractivity (Wildman–Crippen MR) is 54.4 cm³/mol. The summed E-state index contributed by atoms with van der Waals surface area (Å²) in [5, 5.41) is 0. The molecule has 0 spiro atoms. The van der Waals surface area contributed by atoms with Crippen molar-refractivity contribution < 1.29 is 4.74 Å². The van der Waals surface area contributed by atoms with Crippen LogP contribution in [-0.2, 0) is 4.74 Å². The number of ether oxygens (including phenoxy) is 1. The van der Waals surface area contributed by atoms with Crippen molar-refractivity contribution in [2.45, 2.75) is 52.6 Å². The van der Waals surface area contributed by atoms with Crippen molar-refractivity contribution in [2.24, 2.45) is 11.8 Å². The van der Waals surface area contributed by atoms with E-state index in [2.05, 4.69) is 27.7 Å². The van der Waals surface area contributed by atoms with Crippen LogP contribution in [0.25, 0.3) is 0 Å². The summed E-state index contributed by atoms with van der Waals surface area (Å²) in [6.07, 6.45) is 3.73. The minimum atomic E-state index is 0.0805. The Morgan fingerprint density at radius 3 is 2.62 bits per heavy atom. The molecule has 74 valence electrons. The van der Waals surface area contributed by atoms with Crippen molar-refractivity contribution in [3.8, 4) is 0 Å². The molecule has 1 heterocycles. The van der Waals surface area contributed by atoms with Gasteiger partial charge in [-0.15, -0.1) is 0 Å². The second-order valence-electron chi connectivity index (χ2n) is 5.29. The minimum absolute atomic E-state index is 0.0805. The van der Waals surface area contributed by atoms with Crippen LogP contribution in [-0.4, -0.2) is 5.60 Å². The van der Waals surface area contributed by atoms with Crippen LogP contribution in [0.15, 0.2) is 11.3 Å². The van der Waals surface area contributed by atoms with Gasteiger partial charge in [0.2, 0.25) is 0 Å². The van der Waals surface area contributed by atoms with E-state index in [1.807, 2.05) is 0 Å². The lowest BCUT2D eigenvalue weighted by Gasteiger charge is -2.34. The van der Waals surface area contributed by atoms with Crippen LogP contribution in [0.1, 0.15) is 47.0 Å². The molecule has 1 aliphatic carbocycles. The van der Waals surface area contributed by atoms with Gasteiger partial charge in [0.25, 0.3) is 0 Å². The van der Waals surface area contributed by atoms with Crippen molar-refractivity contribution in [3.05, 3.63) is 11.3 Å². The first-order valence-corrected chi connectivity index (χ1v) is 5.41. The summed E-state index contributed by atoms with van der Waals surface area (Å²) in [7, 11) is 0. The maximum atomic E-state index is 6.06. The van der Waals surface area contributed by atoms with Gasteiger partial charge in [-0.2, -0.15) is 0 Å². The van der Waals surface area contributed by atoms with E-state index in [0.717, 1.165) is 5.92 Å². The predicted octanol–water partition coefficient (Wildman–Crippen LogP) is 3.51. The van der Waals surface area contributed by atoms with E-state index in [9.17, 15) is 0 Å². The minimum Gasteiger partial charge on any atom is -0.492 e. The zero-order valence-corrected chi connectivity index (χ0v) is 9.18. The maximum absolute atomic E-state index is 6.06. The van der Waals surface area contributed by atoms with Crippen molar-refractivity contribution >= 4 is 0 Å². The van der Waals surface area contributed by atoms with Gasteiger partial charge < -0.3 is 4.74 Å². The van der Waals surface area contributed by atoms with Crippen LogP contribution in [0.3, 0.4) is 0 Å². The fraction of sp³-hybridized carbons (Fsp3) is 0.833. The molecule has 2 atom stereocenters. The molecule has 0 radical (unpaired) electrons. The largest absolute Gasteiger partial charge is 0.492 e. The van der Waals surface area contributed by atoms with Gasteiger partial charge in [0, 0.05) is 5.92 Å². The van der Waals surface area contributed by atoms with E-state index in [1.54, 1.807) is 5.57 Å². The molecule has 0 amide bonds. The van der Waals surface area contributed by atoms with E-state index in [-0.39, 0.29) is 5.60 Å². The maximum Gasteiger partial charge on any atom is 0.103 e. The highest BCUT2D eigenvalue weighted by Gasteiger charge is 2.37. The molecule has 1 nitrogen and oxygen atoms in total. The molecule has 0 saturated carbocycles. The lowest BCUT2D eigenvalue weighted by Crippen LogP contribution is -2.28. The molecule has 0 aromatic carbocycles. The van der Waals surface area contributed by atoms with E-state index in [0.29, 0.717) is 5.92 Å². The van der Waals surface area contributed by atoms with Gasteiger partial charge in [-0.1, -0.05) is 13.8 Å². The zero-order valence-electron chi connectivity index (χ0n) is 9.18. The van der Waals surface area contributed by atoms with Crippen molar-refractivity contribution in [2.75, 3.05) is 0 Å². The smallest absolute Gasteiger partial charge is 0.103 e. The lowest BCUT2D eigenvalue weighted by molar-refractivity contribution is 0.00282. The Bertz CT molecular complexity index is 250. The first kappa shape index (κ1) is 9.11. The molecule has 0 aromatic rings. The van der Waals surface area contributed by atoms with Crippen LogP contribution in [0.5, 0.6) is 0 Å². The standard InChI is InChI=1S/C12H20O/c1-8-7-9(2)11-10(8)5-6-12(3,4)13-11/h8-9H,5-7H2,1-4H3. The molecule has 0 N–H and O–H groups in total. The molecule has 0 bridgehead atoms. The fourth-order valence-corrected chi connectivity index (χ4v) is 2.66. The number of hydrogen-bond donors (Lipinski definition) is 0. The van der Waals surface area contributed by atoms with Crippen LogP contribution >= 0.6 is 0 Å². The lowest BCUT2D eigenvalue weighted by atomic mass is 9.91. The van der Waals surface area contributed by atoms with Crippen LogP contribution in [0.4, 0.5) is 0 Å². The Morgan fingerprint density at radius 2 is 1.92 bits per heavy atom. The topological polar surface area (TPSA) is 9.23 Å². The fourth-order valence-electron chi connectivity index (χ4n) is 2.66.